The summed E-state index contributed by atoms with van der Waals surface area (Å²) in [4.78, 5) is 0. The second kappa shape index (κ2) is 2.89. The highest BCUT2D eigenvalue weighted by Crippen LogP contribution is 2.18. The first kappa shape index (κ1) is 6.62. The van der Waals surface area contributed by atoms with E-state index in [1.165, 1.54) is 38.9 Å². The van der Waals surface area contributed by atoms with Crippen molar-refractivity contribution in [3.05, 3.63) is 0 Å². The third-order valence-electron chi connectivity index (χ3n) is 2.75. The molecular weight excluding hydrogens is 124 g/mol. The summed E-state index contributed by atoms with van der Waals surface area (Å²) in [5.41, 5.74) is 0. The minimum absolute atomic E-state index is 0.794. The molecular formula is C8H16N2. The molecule has 2 fully saturated rings. The van der Waals surface area contributed by atoms with Crippen molar-refractivity contribution in [3.63, 3.8) is 0 Å². The van der Waals surface area contributed by atoms with E-state index in [4.69, 9.17) is 0 Å². The van der Waals surface area contributed by atoms with Gasteiger partial charge in [0.15, 0.2) is 0 Å². The van der Waals surface area contributed by atoms with E-state index in [0.717, 1.165) is 12.0 Å². The van der Waals surface area contributed by atoms with E-state index < -0.39 is 0 Å². The maximum absolute atomic E-state index is 3.58. The van der Waals surface area contributed by atoms with Gasteiger partial charge in [-0.1, -0.05) is 6.42 Å². The van der Waals surface area contributed by atoms with E-state index in [2.05, 4.69) is 10.6 Å². The van der Waals surface area contributed by atoms with E-state index in [1.54, 1.807) is 0 Å². The molecule has 2 atom stereocenters. The summed E-state index contributed by atoms with van der Waals surface area (Å²) < 4.78 is 0. The molecule has 2 aliphatic rings. The van der Waals surface area contributed by atoms with Crippen LogP contribution in [0.3, 0.4) is 0 Å². The Labute approximate surface area is 62.4 Å². The largest absolute Gasteiger partial charge is 0.315 e. The molecule has 58 valence electrons. The van der Waals surface area contributed by atoms with Crippen molar-refractivity contribution in [2.75, 3.05) is 19.6 Å². The molecule has 0 aromatic rings. The third-order valence-corrected chi connectivity index (χ3v) is 2.75. The van der Waals surface area contributed by atoms with Crippen LogP contribution in [0.15, 0.2) is 0 Å². The van der Waals surface area contributed by atoms with Crippen LogP contribution in [0.25, 0.3) is 0 Å². The van der Waals surface area contributed by atoms with Gasteiger partial charge in [0.1, 0.15) is 0 Å². The predicted molar refractivity (Wildman–Crippen MR) is 42.0 cm³/mol. The molecule has 2 N–H and O–H groups in total. The van der Waals surface area contributed by atoms with Crippen LogP contribution in [0.2, 0.25) is 0 Å². The minimum Gasteiger partial charge on any atom is -0.315 e. The highest BCUT2D eigenvalue weighted by molar-refractivity contribution is 4.87. The van der Waals surface area contributed by atoms with Gasteiger partial charge in [-0.3, -0.25) is 0 Å². The van der Waals surface area contributed by atoms with Crippen LogP contribution in [0.4, 0.5) is 0 Å². The van der Waals surface area contributed by atoms with Gasteiger partial charge in [-0.25, -0.2) is 0 Å². The summed E-state index contributed by atoms with van der Waals surface area (Å²) in [5.74, 6) is 0.933. The van der Waals surface area contributed by atoms with Crippen LogP contribution < -0.4 is 10.6 Å². The molecule has 2 rings (SSSR count). The molecule has 2 saturated heterocycles. The summed E-state index contributed by atoms with van der Waals surface area (Å²) >= 11 is 0. The number of nitrogens with one attached hydrogen (secondary N) is 2. The maximum atomic E-state index is 3.58. The Morgan fingerprint density at radius 3 is 3.10 bits per heavy atom. The SMILES string of the molecule is C1CC[C@H]2CNC[C@@H]2NC1. The first-order valence-electron chi connectivity index (χ1n) is 4.41. The molecule has 0 aliphatic carbocycles. The first-order valence-corrected chi connectivity index (χ1v) is 4.41. The summed E-state index contributed by atoms with van der Waals surface area (Å²) in [6, 6.07) is 0.794. The van der Waals surface area contributed by atoms with E-state index in [0.29, 0.717) is 0 Å². The Bertz CT molecular complexity index is 102. The lowest BCUT2D eigenvalue weighted by Crippen LogP contribution is -2.34. The summed E-state index contributed by atoms with van der Waals surface area (Å²) in [6.07, 6.45) is 4.24. The molecule has 2 heteroatoms. The van der Waals surface area contributed by atoms with Crippen LogP contribution in [0.5, 0.6) is 0 Å². The van der Waals surface area contributed by atoms with E-state index in [-0.39, 0.29) is 0 Å². The first-order chi connectivity index (χ1) is 4.97. The maximum Gasteiger partial charge on any atom is 0.0232 e. The molecule has 0 saturated carbocycles. The lowest BCUT2D eigenvalue weighted by molar-refractivity contribution is 0.443. The Balaban J connectivity index is 1.95. The molecule has 0 amide bonds. The van der Waals surface area contributed by atoms with Crippen LogP contribution >= 0.6 is 0 Å². The monoisotopic (exact) mass is 140 g/mol. The van der Waals surface area contributed by atoms with Gasteiger partial charge in [-0.15, -0.1) is 0 Å². The van der Waals surface area contributed by atoms with Crippen molar-refractivity contribution in [1.82, 2.24) is 10.6 Å². The number of fused-ring (bicyclic) bond motifs is 1. The zero-order valence-electron chi connectivity index (χ0n) is 6.40. The van der Waals surface area contributed by atoms with Crippen molar-refractivity contribution in [2.45, 2.75) is 25.3 Å². The summed E-state index contributed by atoms with van der Waals surface area (Å²) in [7, 11) is 0. The molecule has 0 spiro atoms. The molecule has 2 heterocycles. The molecule has 2 nitrogen and oxygen atoms in total. The average molecular weight is 140 g/mol. The zero-order chi connectivity index (χ0) is 6.81. The molecule has 0 unspecified atom stereocenters. The van der Waals surface area contributed by atoms with Gasteiger partial charge >= 0.3 is 0 Å². The van der Waals surface area contributed by atoms with E-state index in [9.17, 15) is 0 Å². The standard InChI is InChI=1S/C8H16N2/c1-2-4-10-8-6-9-5-7(8)3-1/h7-10H,1-6H2/t7-,8-/m0/s1. The van der Waals surface area contributed by atoms with Gasteiger partial charge in [-0.2, -0.15) is 0 Å². The van der Waals surface area contributed by atoms with Gasteiger partial charge in [0.2, 0.25) is 0 Å². The fraction of sp³-hybridized carbons (Fsp3) is 1.00. The quantitative estimate of drug-likeness (QED) is 0.507. The smallest absolute Gasteiger partial charge is 0.0232 e. The van der Waals surface area contributed by atoms with Crippen molar-refractivity contribution < 1.29 is 0 Å². The number of hydrogen-bond donors (Lipinski definition) is 2. The van der Waals surface area contributed by atoms with Crippen LogP contribution in [-0.2, 0) is 0 Å². The summed E-state index contributed by atoms with van der Waals surface area (Å²) in [5, 5.41) is 7.01. The fourth-order valence-corrected chi connectivity index (χ4v) is 2.09. The highest BCUT2D eigenvalue weighted by Gasteiger charge is 2.27. The molecule has 0 bridgehead atoms. The second-order valence-corrected chi connectivity index (χ2v) is 3.47. The minimum atomic E-state index is 0.794. The Kier molecular flexibility index (Phi) is 1.91. The topological polar surface area (TPSA) is 24.1 Å². The summed E-state index contributed by atoms with van der Waals surface area (Å²) in [6.45, 7) is 3.69. The van der Waals surface area contributed by atoms with Crippen molar-refractivity contribution in [1.29, 1.82) is 0 Å². The molecule has 0 aromatic carbocycles. The van der Waals surface area contributed by atoms with Crippen molar-refractivity contribution >= 4 is 0 Å². The van der Waals surface area contributed by atoms with Gasteiger partial charge in [0.05, 0.1) is 0 Å². The van der Waals surface area contributed by atoms with Crippen LogP contribution in [0.1, 0.15) is 19.3 Å². The Morgan fingerprint density at radius 2 is 2.10 bits per heavy atom. The van der Waals surface area contributed by atoms with Crippen LogP contribution in [-0.4, -0.2) is 25.7 Å². The Hall–Kier alpha value is -0.0800. The van der Waals surface area contributed by atoms with Crippen molar-refractivity contribution in [3.8, 4) is 0 Å². The lowest BCUT2D eigenvalue weighted by atomic mass is 9.99. The molecule has 2 aliphatic heterocycles. The van der Waals surface area contributed by atoms with E-state index in [1.807, 2.05) is 0 Å². The van der Waals surface area contributed by atoms with Gasteiger partial charge in [-0.05, 0) is 31.8 Å². The van der Waals surface area contributed by atoms with Gasteiger partial charge in [0.25, 0.3) is 0 Å². The zero-order valence-corrected chi connectivity index (χ0v) is 6.40. The van der Waals surface area contributed by atoms with Crippen LogP contribution in [0, 0.1) is 5.92 Å². The second-order valence-electron chi connectivity index (χ2n) is 3.47. The fourth-order valence-electron chi connectivity index (χ4n) is 2.09. The van der Waals surface area contributed by atoms with E-state index >= 15 is 0 Å². The molecule has 0 aromatic heterocycles. The predicted octanol–water partition coefficient (Wildman–Crippen LogP) is 0.348. The molecule has 0 radical (unpaired) electrons. The lowest BCUT2D eigenvalue weighted by Gasteiger charge is -2.14. The van der Waals surface area contributed by atoms with Gasteiger partial charge < -0.3 is 10.6 Å². The van der Waals surface area contributed by atoms with Crippen molar-refractivity contribution in [2.24, 2.45) is 5.92 Å². The number of hydrogen-bond acceptors (Lipinski definition) is 2. The van der Waals surface area contributed by atoms with Gasteiger partial charge in [0, 0.05) is 12.6 Å². The third kappa shape index (κ3) is 1.18. The average Bonchev–Trinajstić information content (AvgIpc) is 2.28. The molecule has 10 heavy (non-hydrogen) atoms. The Morgan fingerprint density at radius 1 is 1.10 bits per heavy atom. The normalized spacial score (nSPS) is 40.8. The number of rotatable bonds is 0. The highest BCUT2D eigenvalue weighted by atomic mass is 15.0.